The minimum Gasteiger partial charge on any atom is -0.452 e. The van der Waals surface area contributed by atoms with Gasteiger partial charge in [-0.1, -0.05) is 28.1 Å². The molecule has 6 nitrogen and oxygen atoms in total. The van der Waals surface area contributed by atoms with Gasteiger partial charge in [-0.2, -0.15) is 0 Å². The van der Waals surface area contributed by atoms with Gasteiger partial charge < -0.3 is 15.4 Å². The van der Waals surface area contributed by atoms with Crippen LogP contribution in [0.15, 0.2) is 34.8 Å². The van der Waals surface area contributed by atoms with Gasteiger partial charge in [-0.05, 0) is 36.6 Å². The Hall–Kier alpha value is -2.15. The highest BCUT2D eigenvalue weighted by Crippen LogP contribution is 2.16. The van der Waals surface area contributed by atoms with Crippen LogP contribution in [0.3, 0.4) is 0 Å². The van der Waals surface area contributed by atoms with Gasteiger partial charge in [0.15, 0.2) is 6.61 Å². The minimum absolute atomic E-state index is 0.291. The molecule has 0 aromatic heterocycles. The molecular formula is C17H19BrN2O4. The van der Waals surface area contributed by atoms with E-state index in [1.54, 1.807) is 6.08 Å². The number of carbonyl (C=O) groups excluding carboxylic acids is 3. The molecule has 1 aliphatic rings. The van der Waals surface area contributed by atoms with Crippen LogP contribution in [0.4, 0.5) is 0 Å². The lowest BCUT2D eigenvalue weighted by molar-refractivity contribution is -0.149. The van der Waals surface area contributed by atoms with E-state index >= 15 is 0 Å². The summed E-state index contributed by atoms with van der Waals surface area (Å²) in [5.74, 6) is -1.63. The number of nitrogens with two attached hydrogens (primary N) is 1. The van der Waals surface area contributed by atoms with Gasteiger partial charge in [-0.15, -0.1) is 0 Å². The molecule has 2 rings (SSSR count). The number of hydrogen-bond acceptors (Lipinski definition) is 4. The summed E-state index contributed by atoms with van der Waals surface area (Å²) in [6.07, 6.45) is 4.30. The lowest BCUT2D eigenvalue weighted by Crippen LogP contribution is -2.45. The molecule has 2 amide bonds. The van der Waals surface area contributed by atoms with Gasteiger partial charge in [0.1, 0.15) is 0 Å². The third-order valence-corrected chi connectivity index (χ3v) is 4.27. The average molecular weight is 395 g/mol. The van der Waals surface area contributed by atoms with E-state index in [2.05, 4.69) is 15.9 Å². The van der Waals surface area contributed by atoms with E-state index < -0.39 is 11.9 Å². The molecule has 0 saturated carbocycles. The van der Waals surface area contributed by atoms with Crippen LogP contribution in [0.2, 0.25) is 0 Å². The van der Waals surface area contributed by atoms with Gasteiger partial charge in [0, 0.05) is 23.6 Å². The molecule has 0 spiro atoms. The molecule has 7 heteroatoms. The highest BCUT2D eigenvalue weighted by Gasteiger charge is 2.27. The van der Waals surface area contributed by atoms with Crippen molar-refractivity contribution in [1.82, 2.24) is 4.90 Å². The molecule has 1 aromatic rings. The number of ether oxygens (including phenoxy) is 1. The maximum atomic E-state index is 12.1. The molecule has 1 heterocycles. The first-order valence-corrected chi connectivity index (χ1v) is 8.42. The van der Waals surface area contributed by atoms with E-state index in [0.29, 0.717) is 19.5 Å². The van der Waals surface area contributed by atoms with E-state index in [9.17, 15) is 14.4 Å². The summed E-state index contributed by atoms with van der Waals surface area (Å²) < 4.78 is 5.86. The number of benzene rings is 1. The van der Waals surface area contributed by atoms with Crippen molar-refractivity contribution in [3.8, 4) is 0 Å². The summed E-state index contributed by atoms with van der Waals surface area (Å²) in [4.78, 5) is 36.5. The van der Waals surface area contributed by atoms with Crippen LogP contribution in [-0.4, -0.2) is 42.4 Å². The Morgan fingerprint density at radius 2 is 2.17 bits per heavy atom. The molecule has 0 aliphatic carbocycles. The van der Waals surface area contributed by atoms with Crippen LogP contribution in [0, 0.1) is 5.92 Å². The van der Waals surface area contributed by atoms with Gasteiger partial charge >= 0.3 is 5.97 Å². The van der Waals surface area contributed by atoms with Crippen molar-refractivity contribution >= 4 is 39.8 Å². The average Bonchev–Trinajstić information content (AvgIpc) is 2.58. The second-order valence-corrected chi connectivity index (χ2v) is 6.49. The number of rotatable bonds is 5. The fraction of sp³-hybridized carbons (Fsp3) is 0.353. The van der Waals surface area contributed by atoms with Crippen LogP contribution >= 0.6 is 15.9 Å². The Kier molecular flexibility index (Phi) is 6.54. The Morgan fingerprint density at radius 3 is 2.88 bits per heavy atom. The van der Waals surface area contributed by atoms with Crippen molar-refractivity contribution < 1.29 is 19.1 Å². The van der Waals surface area contributed by atoms with Crippen LogP contribution in [0.5, 0.6) is 0 Å². The highest BCUT2D eigenvalue weighted by molar-refractivity contribution is 9.10. The van der Waals surface area contributed by atoms with Crippen molar-refractivity contribution in [3.05, 3.63) is 40.4 Å². The first-order chi connectivity index (χ1) is 11.5. The SMILES string of the molecule is NC(=O)[C@@H]1CCCN(C(=O)COC(=O)/C=C/c2cccc(Br)c2)C1. The monoisotopic (exact) mass is 394 g/mol. The summed E-state index contributed by atoms with van der Waals surface area (Å²) in [5, 5.41) is 0. The zero-order chi connectivity index (χ0) is 17.5. The molecule has 1 atom stereocenters. The summed E-state index contributed by atoms with van der Waals surface area (Å²) >= 11 is 3.34. The second kappa shape index (κ2) is 8.63. The largest absolute Gasteiger partial charge is 0.452 e. The topological polar surface area (TPSA) is 89.7 Å². The van der Waals surface area contributed by atoms with E-state index in [1.165, 1.54) is 11.0 Å². The van der Waals surface area contributed by atoms with Gasteiger partial charge in [0.2, 0.25) is 5.91 Å². The highest BCUT2D eigenvalue weighted by atomic mass is 79.9. The second-order valence-electron chi connectivity index (χ2n) is 5.58. The quantitative estimate of drug-likeness (QED) is 0.608. The number of nitrogens with zero attached hydrogens (tertiary/aromatic N) is 1. The zero-order valence-corrected chi connectivity index (χ0v) is 14.7. The van der Waals surface area contributed by atoms with Crippen molar-refractivity contribution in [2.75, 3.05) is 19.7 Å². The lowest BCUT2D eigenvalue weighted by atomic mass is 9.97. The number of piperidine rings is 1. The van der Waals surface area contributed by atoms with E-state index in [-0.39, 0.29) is 18.4 Å². The van der Waals surface area contributed by atoms with Crippen molar-refractivity contribution in [3.63, 3.8) is 0 Å². The summed E-state index contributed by atoms with van der Waals surface area (Å²) in [6.45, 7) is 0.501. The van der Waals surface area contributed by atoms with Crippen LogP contribution in [0.25, 0.3) is 6.08 Å². The molecule has 2 N–H and O–H groups in total. The third-order valence-electron chi connectivity index (χ3n) is 3.77. The van der Waals surface area contributed by atoms with Gasteiger partial charge in [-0.3, -0.25) is 9.59 Å². The Balaban J connectivity index is 1.80. The maximum Gasteiger partial charge on any atom is 0.331 e. The molecular weight excluding hydrogens is 376 g/mol. The van der Waals surface area contributed by atoms with Gasteiger partial charge in [0.05, 0.1) is 5.92 Å². The fourth-order valence-electron chi connectivity index (χ4n) is 2.48. The van der Waals surface area contributed by atoms with Gasteiger partial charge in [-0.25, -0.2) is 4.79 Å². The number of halogens is 1. The third kappa shape index (κ3) is 5.49. The summed E-state index contributed by atoms with van der Waals surface area (Å²) in [6, 6.07) is 7.43. The predicted molar refractivity (Wildman–Crippen MR) is 92.6 cm³/mol. The molecule has 0 bridgehead atoms. The van der Waals surface area contributed by atoms with E-state index in [1.807, 2.05) is 24.3 Å². The van der Waals surface area contributed by atoms with Gasteiger partial charge in [0.25, 0.3) is 5.91 Å². The Bertz CT molecular complexity index is 660. The van der Waals surface area contributed by atoms with E-state index in [4.69, 9.17) is 10.5 Å². The smallest absolute Gasteiger partial charge is 0.331 e. The van der Waals surface area contributed by atoms with Crippen LogP contribution in [0.1, 0.15) is 18.4 Å². The fourth-order valence-corrected chi connectivity index (χ4v) is 2.90. The molecule has 1 aliphatic heterocycles. The van der Waals surface area contributed by atoms with E-state index in [0.717, 1.165) is 16.5 Å². The number of amides is 2. The molecule has 1 saturated heterocycles. The van der Waals surface area contributed by atoms with Crippen molar-refractivity contribution in [2.24, 2.45) is 11.7 Å². The first kappa shape index (κ1) is 18.2. The summed E-state index contributed by atoms with van der Waals surface area (Å²) in [7, 11) is 0. The van der Waals surface area contributed by atoms with Crippen LogP contribution in [-0.2, 0) is 19.1 Å². The zero-order valence-electron chi connectivity index (χ0n) is 13.1. The molecule has 1 aromatic carbocycles. The molecule has 128 valence electrons. The van der Waals surface area contributed by atoms with Crippen molar-refractivity contribution in [2.45, 2.75) is 12.8 Å². The molecule has 0 radical (unpaired) electrons. The van der Waals surface area contributed by atoms with Crippen LogP contribution < -0.4 is 5.73 Å². The van der Waals surface area contributed by atoms with Crippen molar-refractivity contribution in [1.29, 1.82) is 0 Å². The molecule has 0 unspecified atom stereocenters. The number of hydrogen-bond donors (Lipinski definition) is 1. The predicted octanol–water partition coefficient (Wildman–Crippen LogP) is 1.73. The Labute approximate surface area is 148 Å². The maximum absolute atomic E-state index is 12.1. The molecule has 1 fully saturated rings. The Morgan fingerprint density at radius 1 is 1.38 bits per heavy atom. The minimum atomic E-state index is -0.591. The number of primary amides is 1. The number of esters is 1. The standard InChI is InChI=1S/C17H19BrN2O4/c18-14-5-1-3-12(9-14)6-7-16(22)24-11-15(21)20-8-2-4-13(10-20)17(19)23/h1,3,5-7,9,13H,2,4,8,10-11H2,(H2,19,23)/b7-6+/t13-/m1/s1. The number of likely N-dealkylation sites (tertiary alicyclic amines) is 1. The lowest BCUT2D eigenvalue weighted by Gasteiger charge is -2.30. The first-order valence-electron chi connectivity index (χ1n) is 7.63. The normalized spacial score (nSPS) is 17.7. The molecule has 24 heavy (non-hydrogen) atoms. The summed E-state index contributed by atoms with van der Waals surface area (Å²) in [5.41, 5.74) is 6.12. The number of carbonyl (C=O) groups is 3.